The van der Waals surface area contributed by atoms with Crippen molar-refractivity contribution in [1.82, 2.24) is 4.90 Å². The summed E-state index contributed by atoms with van der Waals surface area (Å²) in [5.74, 6) is -1.16. The lowest BCUT2D eigenvalue weighted by atomic mass is 10.1. The Morgan fingerprint density at radius 3 is 2.88 bits per heavy atom. The SMILES string of the molecule is NCCN1Cc2ccc(C(=O)O)cc2C1=O. The van der Waals surface area contributed by atoms with Gasteiger partial charge in [0.15, 0.2) is 0 Å². The van der Waals surface area contributed by atoms with Crippen molar-refractivity contribution in [2.45, 2.75) is 6.54 Å². The molecule has 1 aliphatic heterocycles. The van der Waals surface area contributed by atoms with E-state index >= 15 is 0 Å². The van der Waals surface area contributed by atoms with Crippen LogP contribution in [0.5, 0.6) is 0 Å². The summed E-state index contributed by atoms with van der Waals surface area (Å²) in [5, 5.41) is 8.83. The predicted octanol–water partition coefficient (Wildman–Crippen LogP) is 0.299. The van der Waals surface area contributed by atoms with E-state index in [4.69, 9.17) is 10.8 Å². The van der Waals surface area contributed by atoms with Crippen LogP contribution in [-0.2, 0) is 6.54 Å². The summed E-state index contributed by atoms with van der Waals surface area (Å²) in [4.78, 5) is 24.2. The molecule has 1 aliphatic rings. The molecule has 1 heterocycles. The average Bonchev–Trinajstić information content (AvgIpc) is 2.56. The summed E-state index contributed by atoms with van der Waals surface area (Å²) in [5.41, 5.74) is 6.88. The van der Waals surface area contributed by atoms with Crippen LogP contribution in [0.1, 0.15) is 26.3 Å². The molecule has 3 N–H and O–H groups in total. The van der Waals surface area contributed by atoms with Crippen molar-refractivity contribution < 1.29 is 14.7 Å². The molecule has 0 atom stereocenters. The number of amides is 1. The van der Waals surface area contributed by atoms with Gasteiger partial charge in [-0.1, -0.05) is 6.07 Å². The molecule has 84 valence electrons. The van der Waals surface area contributed by atoms with Crippen LogP contribution in [-0.4, -0.2) is 35.0 Å². The molecule has 0 aliphatic carbocycles. The van der Waals surface area contributed by atoms with Crippen LogP contribution in [0.3, 0.4) is 0 Å². The molecule has 5 nitrogen and oxygen atoms in total. The Hall–Kier alpha value is -1.88. The van der Waals surface area contributed by atoms with Crippen LogP contribution in [0, 0.1) is 0 Å². The zero-order valence-electron chi connectivity index (χ0n) is 8.64. The minimum Gasteiger partial charge on any atom is -0.478 e. The van der Waals surface area contributed by atoms with E-state index < -0.39 is 5.97 Å². The van der Waals surface area contributed by atoms with Crippen molar-refractivity contribution >= 4 is 11.9 Å². The number of nitrogens with two attached hydrogens (primary N) is 1. The third-order valence-electron chi connectivity index (χ3n) is 2.63. The number of fused-ring (bicyclic) bond motifs is 1. The second-order valence-electron chi connectivity index (χ2n) is 3.69. The van der Waals surface area contributed by atoms with Crippen molar-refractivity contribution in [3.05, 3.63) is 34.9 Å². The Kier molecular flexibility index (Phi) is 2.62. The summed E-state index contributed by atoms with van der Waals surface area (Å²) in [7, 11) is 0. The van der Waals surface area contributed by atoms with Crippen LogP contribution in [0.15, 0.2) is 18.2 Å². The highest BCUT2D eigenvalue weighted by molar-refractivity contribution is 6.00. The number of aromatic carboxylic acids is 1. The van der Waals surface area contributed by atoms with Crippen molar-refractivity contribution in [2.24, 2.45) is 5.73 Å². The van der Waals surface area contributed by atoms with Gasteiger partial charge in [0.1, 0.15) is 0 Å². The van der Waals surface area contributed by atoms with Gasteiger partial charge in [0.25, 0.3) is 5.91 Å². The van der Waals surface area contributed by atoms with E-state index in [9.17, 15) is 9.59 Å². The monoisotopic (exact) mass is 220 g/mol. The van der Waals surface area contributed by atoms with Crippen molar-refractivity contribution in [3.8, 4) is 0 Å². The van der Waals surface area contributed by atoms with E-state index in [1.807, 2.05) is 0 Å². The van der Waals surface area contributed by atoms with Crippen molar-refractivity contribution in [1.29, 1.82) is 0 Å². The molecule has 5 heteroatoms. The number of rotatable bonds is 3. The van der Waals surface area contributed by atoms with Crippen LogP contribution >= 0.6 is 0 Å². The molecule has 0 saturated carbocycles. The maximum absolute atomic E-state index is 11.8. The maximum Gasteiger partial charge on any atom is 0.335 e. The highest BCUT2D eigenvalue weighted by Gasteiger charge is 2.27. The van der Waals surface area contributed by atoms with Crippen LogP contribution < -0.4 is 5.73 Å². The summed E-state index contributed by atoms with van der Waals surface area (Å²) < 4.78 is 0. The second kappa shape index (κ2) is 3.94. The van der Waals surface area contributed by atoms with Gasteiger partial charge in [0.2, 0.25) is 0 Å². The molecule has 0 aromatic heterocycles. The Balaban J connectivity index is 2.34. The minimum atomic E-state index is -1.02. The molecule has 16 heavy (non-hydrogen) atoms. The zero-order valence-corrected chi connectivity index (χ0v) is 8.64. The molecule has 0 bridgehead atoms. The van der Waals surface area contributed by atoms with Crippen molar-refractivity contribution in [2.75, 3.05) is 13.1 Å². The first-order chi connectivity index (χ1) is 7.63. The van der Waals surface area contributed by atoms with E-state index in [2.05, 4.69) is 0 Å². The molecule has 1 aromatic rings. The summed E-state index contributed by atoms with van der Waals surface area (Å²) in [6.45, 7) is 1.42. The lowest BCUT2D eigenvalue weighted by molar-refractivity contribution is 0.0697. The molecule has 0 saturated heterocycles. The summed E-state index contributed by atoms with van der Waals surface area (Å²) in [6.07, 6.45) is 0. The maximum atomic E-state index is 11.8. The lowest BCUT2D eigenvalue weighted by Crippen LogP contribution is -2.29. The number of carboxylic acid groups (broad SMARTS) is 1. The lowest BCUT2D eigenvalue weighted by Gasteiger charge is -2.13. The van der Waals surface area contributed by atoms with Gasteiger partial charge < -0.3 is 15.7 Å². The summed E-state index contributed by atoms with van der Waals surface area (Å²) in [6, 6.07) is 4.63. The Morgan fingerprint density at radius 2 is 2.25 bits per heavy atom. The smallest absolute Gasteiger partial charge is 0.335 e. The largest absolute Gasteiger partial charge is 0.478 e. The van der Waals surface area contributed by atoms with Gasteiger partial charge in [-0.05, 0) is 17.7 Å². The first-order valence-electron chi connectivity index (χ1n) is 4.99. The second-order valence-corrected chi connectivity index (χ2v) is 3.69. The van der Waals surface area contributed by atoms with Crippen LogP contribution in [0.25, 0.3) is 0 Å². The van der Waals surface area contributed by atoms with Gasteiger partial charge in [-0.2, -0.15) is 0 Å². The van der Waals surface area contributed by atoms with E-state index in [0.29, 0.717) is 25.2 Å². The number of carbonyl (C=O) groups is 2. The highest BCUT2D eigenvalue weighted by atomic mass is 16.4. The van der Waals surface area contributed by atoms with Gasteiger partial charge >= 0.3 is 5.97 Å². The highest BCUT2D eigenvalue weighted by Crippen LogP contribution is 2.23. The Bertz CT molecular complexity index is 457. The molecular formula is C11H12N2O3. The Labute approximate surface area is 92.5 Å². The van der Waals surface area contributed by atoms with E-state index in [1.165, 1.54) is 12.1 Å². The fourth-order valence-corrected chi connectivity index (χ4v) is 1.83. The molecule has 2 rings (SSSR count). The number of benzene rings is 1. The van der Waals surface area contributed by atoms with Gasteiger partial charge in [-0.25, -0.2) is 4.79 Å². The third kappa shape index (κ3) is 1.65. The summed E-state index contributed by atoms with van der Waals surface area (Å²) >= 11 is 0. The number of hydrogen-bond acceptors (Lipinski definition) is 3. The van der Waals surface area contributed by atoms with E-state index in [0.717, 1.165) is 5.56 Å². The molecule has 0 spiro atoms. The van der Waals surface area contributed by atoms with E-state index in [1.54, 1.807) is 11.0 Å². The molecule has 1 amide bonds. The molecule has 0 fully saturated rings. The molecular weight excluding hydrogens is 208 g/mol. The number of carbonyl (C=O) groups excluding carboxylic acids is 1. The van der Waals surface area contributed by atoms with Gasteiger partial charge in [0, 0.05) is 25.2 Å². The first-order valence-corrected chi connectivity index (χ1v) is 4.99. The Morgan fingerprint density at radius 1 is 1.50 bits per heavy atom. The fraction of sp³-hybridized carbons (Fsp3) is 0.273. The molecule has 1 aromatic carbocycles. The number of hydrogen-bond donors (Lipinski definition) is 2. The zero-order chi connectivity index (χ0) is 11.7. The normalized spacial score (nSPS) is 14.1. The topological polar surface area (TPSA) is 83.6 Å². The average molecular weight is 220 g/mol. The minimum absolute atomic E-state index is 0.136. The standard InChI is InChI=1S/C11H12N2O3/c12-3-4-13-6-8-2-1-7(11(15)16)5-9(8)10(13)14/h1-2,5H,3-4,6,12H2,(H,15,16). The number of nitrogens with zero attached hydrogens (tertiary/aromatic N) is 1. The third-order valence-corrected chi connectivity index (χ3v) is 2.63. The van der Waals surface area contributed by atoms with Gasteiger partial charge in [0.05, 0.1) is 5.56 Å². The molecule has 0 unspecified atom stereocenters. The van der Waals surface area contributed by atoms with Crippen LogP contribution in [0.2, 0.25) is 0 Å². The fourth-order valence-electron chi connectivity index (χ4n) is 1.83. The predicted molar refractivity (Wildman–Crippen MR) is 57.2 cm³/mol. The van der Waals surface area contributed by atoms with Gasteiger partial charge in [-0.15, -0.1) is 0 Å². The number of carboxylic acids is 1. The first kappa shape index (κ1) is 10.6. The molecule has 0 radical (unpaired) electrons. The quantitative estimate of drug-likeness (QED) is 0.767. The van der Waals surface area contributed by atoms with Crippen LogP contribution in [0.4, 0.5) is 0 Å². The van der Waals surface area contributed by atoms with Crippen molar-refractivity contribution in [3.63, 3.8) is 0 Å². The van der Waals surface area contributed by atoms with Gasteiger partial charge in [-0.3, -0.25) is 4.79 Å². The van der Waals surface area contributed by atoms with E-state index in [-0.39, 0.29) is 11.5 Å².